The van der Waals surface area contributed by atoms with E-state index in [-0.39, 0.29) is 12.5 Å². The van der Waals surface area contributed by atoms with Gasteiger partial charge < -0.3 is 15.5 Å². The van der Waals surface area contributed by atoms with E-state index < -0.39 is 0 Å². The monoisotopic (exact) mass is 362 g/mol. The third-order valence-corrected chi connectivity index (χ3v) is 5.55. The number of hydrogen-bond donors (Lipinski definition) is 2. The van der Waals surface area contributed by atoms with Gasteiger partial charge in [-0.25, -0.2) is 4.99 Å². The Kier molecular flexibility index (Phi) is 5.84. The number of hydrogen-bond acceptors (Lipinski definition) is 2. The molecule has 2 aliphatic rings. The minimum Gasteiger partial charge on any atom is -0.353 e. The lowest BCUT2D eigenvalue weighted by Gasteiger charge is -2.25. The topological polar surface area (TPSA) is 56.7 Å². The number of rotatable bonds is 5. The Labute approximate surface area is 154 Å². The third-order valence-electron chi connectivity index (χ3n) is 5.30. The second-order valence-corrected chi connectivity index (χ2v) is 7.80. The normalized spacial score (nSPS) is 25.1. The van der Waals surface area contributed by atoms with Crippen molar-refractivity contribution < 1.29 is 4.79 Å². The molecule has 25 heavy (non-hydrogen) atoms. The Morgan fingerprint density at radius 2 is 2.00 bits per heavy atom. The van der Waals surface area contributed by atoms with E-state index in [0.717, 1.165) is 28.4 Å². The number of aliphatic imine (C=N–C) groups is 1. The molecular weight excluding hydrogens is 336 g/mol. The molecule has 2 aliphatic carbocycles. The summed E-state index contributed by atoms with van der Waals surface area (Å²) in [5, 5.41) is 7.48. The summed E-state index contributed by atoms with van der Waals surface area (Å²) in [6, 6.07) is 8.18. The van der Waals surface area contributed by atoms with Crippen molar-refractivity contribution in [3.8, 4) is 0 Å². The number of carbonyl (C=O) groups excluding carboxylic acids is 1. The van der Waals surface area contributed by atoms with Crippen molar-refractivity contribution in [3.63, 3.8) is 0 Å². The smallest absolute Gasteiger partial charge is 0.241 e. The van der Waals surface area contributed by atoms with Crippen molar-refractivity contribution in [2.24, 2.45) is 16.8 Å². The molecule has 1 aromatic carbocycles. The van der Waals surface area contributed by atoms with E-state index in [9.17, 15) is 4.79 Å². The van der Waals surface area contributed by atoms with Gasteiger partial charge in [-0.3, -0.25) is 4.79 Å². The largest absolute Gasteiger partial charge is 0.353 e. The second-order valence-electron chi connectivity index (χ2n) is 7.36. The van der Waals surface area contributed by atoms with Crippen LogP contribution in [0.15, 0.2) is 29.3 Å². The first-order valence-electron chi connectivity index (χ1n) is 9.00. The molecule has 5 nitrogen and oxygen atoms in total. The zero-order chi connectivity index (χ0) is 17.8. The molecule has 3 atom stereocenters. The lowest BCUT2D eigenvalue weighted by Crippen LogP contribution is -2.48. The molecule has 0 spiro atoms. The fourth-order valence-corrected chi connectivity index (χ4v) is 3.95. The molecule has 3 rings (SSSR count). The molecule has 2 fully saturated rings. The minimum absolute atomic E-state index is 0.0361. The maximum atomic E-state index is 11.9. The van der Waals surface area contributed by atoms with Gasteiger partial charge in [-0.05, 0) is 48.8 Å². The van der Waals surface area contributed by atoms with Gasteiger partial charge in [0.05, 0.1) is 13.1 Å². The predicted molar refractivity (Wildman–Crippen MR) is 102 cm³/mol. The van der Waals surface area contributed by atoms with Gasteiger partial charge in [0.1, 0.15) is 0 Å². The van der Waals surface area contributed by atoms with Crippen LogP contribution in [0, 0.1) is 11.8 Å². The fourth-order valence-electron chi connectivity index (χ4n) is 3.83. The SMILES string of the molecule is CN(C)C(=O)CNC(=NCc1ccc(Cl)cc1)NC1CC2CCC1C2. The lowest BCUT2D eigenvalue weighted by atomic mass is 9.95. The summed E-state index contributed by atoms with van der Waals surface area (Å²) in [5.41, 5.74) is 1.09. The van der Waals surface area contributed by atoms with Gasteiger partial charge in [-0.1, -0.05) is 30.2 Å². The fraction of sp³-hybridized carbons (Fsp3) is 0.579. The van der Waals surface area contributed by atoms with Crippen molar-refractivity contribution in [1.82, 2.24) is 15.5 Å². The van der Waals surface area contributed by atoms with Crippen LogP contribution in [0.1, 0.15) is 31.2 Å². The van der Waals surface area contributed by atoms with Gasteiger partial charge >= 0.3 is 0 Å². The number of nitrogens with zero attached hydrogens (tertiary/aromatic N) is 2. The zero-order valence-corrected chi connectivity index (χ0v) is 15.7. The van der Waals surface area contributed by atoms with Gasteiger partial charge in [0.2, 0.25) is 5.91 Å². The van der Waals surface area contributed by atoms with E-state index in [4.69, 9.17) is 11.6 Å². The number of nitrogens with one attached hydrogen (secondary N) is 2. The van der Waals surface area contributed by atoms with Gasteiger partial charge in [0, 0.05) is 25.2 Å². The highest BCUT2D eigenvalue weighted by atomic mass is 35.5. The van der Waals surface area contributed by atoms with Crippen molar-refractivity contribution in [2.75, 3.05) is 20.6 Å². The van der Waals surface area contributed by atoms with E-state index in [1.165, 1.54) is 25.7 Å². The molecule has 136 valence electrons. The third kappa shape index (κ3) is 4.88. The molecule has 0 heterocycles. The van der Waals surface area contributed by atoms with Gasteiger partial charge in [0.25, 0.3) is 0 Å². The Bertz CT molecular complexity index is 629. The molecule has 0 radical (unpaired) electrons. The highest BCUT2D eigenvalue weighted by molar-refractivity contribution is 6.30. The van der Waals surface area contributed by atoms with Crippen LogP contribution >= 0.6 is 11.6 Å². The lowest BCUT2D eigenvalue weighted by molar-refractivity contribution is -0.127. The minimum atomic E-state index is 0.0361. The molecule has 2 saturated carbocycles. The van der Waals surface area contributed by atoms with E-state index in [2.05, 4.69) is 15.6 Å². The summed E-state index contributed by atoms with van der Waals surface area (Å²) in [7, 11) is 3.52. The highest BCUT2D eigenvalue weighted by Gasteiger charge is 2.39. The molecular formula is C19H27ClN4O. The number of benzene rings is 1. The second kappa shape index (κ2) is 8.09. The van der Waals surface area contributed by atoms with Gasteiger partial charge in [-0.2, -0.15) is 0 Å². The molecule has 0 saturated heterocycles. The molecule has 1 aromatic rings. The first-order valence-corrected chi connectivity index (χ1v) is 9.38. The molecule has 3 unspecified atom stereocenters. The predicted octanol–water partition coefficient (Wildman–Crippen LogP) is 2.65. The number of likely N-dealkylation sites (N-methyl/N-ethyl adjacent to an activating group) is 1. The van der Waals surface area contributed by atoms with Crippen molar-refractivity contribution >= 4 is 23.5 Å². The quantitative estimate of drug-likeness (QED) is 0.625. The van der Waals surface area contributed by atoms with Crippen LogP contribution in [0.4, 0.5) is 0 Å². The van der Waals surface area contributed by atoms with E-state index in [1.807, 2.05) is 24.3 Å². The molecule has 2 bridgehead atoms. The maximum Gasteiger partial charge on any atom is 0.241 e. The van der Waals surface area contributed by atoms with Crippen LogP contribution in [0.2, 0.25) is 5.02 Å². The van der Waals surface area contributed by atoms with E-state index in [0.29, 0.717) is 12.6 Å². The van der Waals surface area contributed by atoms with Crippen molar-refractivity contribution in [1.29, 1.82) is 0 Å². The molecule has 0 aliphatic heterocycles. The number of carbonyl (C=O) groups is 1. The van der Waals surface area contributed by atoms with E-state index >= 15 is 0 Å². The van der Waals surface area contributed by atoms with Crippen LogP contribution in [0.25, 0.3) is 0 Å². The number of amides is 1. The molecule has 6 heteroatoms. The highest BCUT2D eigenvalue weighted by Crippen LogP contribution is 2.44. The Hall–Kier alpha value is -1.75. The average Bonchev–Trinajstić information content (AvgIpc) is 3.21. The van der Waals surface area contributed by atoms with Crippen LogP contribution in [-0.4, -0.2) is 43.4 Å². The summed E-state index contributed by atoms with van der Waals surface area (Å²) in [6.07, 6.45) is 5.22. The number of guanidine groups is 1. The molecule has 1 amide bonds. The standard InChI is InChI=1S/C19H27ClN4O/c1-24(2)18(25)12-22-19(21-11-13-4-7-16(20)8-5-13)23-17-10-14-3-6-15(17)9-14/h4-5,7-8,14-15,17H,3,6,9-12H2,1-2H3,(H2,21,22,23). The first-order chi connectivity index (χ1) is 12.0. The van der Waals surface area contributed by atoms with Crippen LogP contribution in [-0.2, 0) is 11.3 Å². The summed E-state index contributed by atoms with van der Waals surface area (Å²) in [6.45, 7) is 0.809. The summed E-state index contributed by atoms with van der Waals surface area (Å²) < 4.78 is 0. The Morgan fingerprint density at radius 1 is 1.24 bits per heavy atom. The molecule has 0 aromatic heterocycles. The van der Waals surface area contributed by atoms with Gasteiger partial charge in [0.15, 0.2) is 5.96 Å². The maximum absolute atomic E-state index is 11.9. The zero-order valence-electron chi connectivity index (χ0n) is 15.0. The molecule has 2 N–H and O–H groups in total. The average molecular weight is 363 g/mol. The van der Waals surface area contributed by atoms with Crippen molar-refractivity contribution in [2.45, 2.75) is 38.3 Å². The summed E-state index contributed by atoms with van der Waals surface area (Å²) >= 11 is 5.94. The first kappa shape index (κ1) is 18.1. The van der Waals surface area contributed by atoms with Crippen LogP contribution < -0.4 is 10.6 Å². The Morgan fingerprint density at radius 3 is 2.60 bits per heavy atom. The van der Waals surface area contributed by atoms with E-state index in [1.54, 1.807) is 19.0 Å². The van der Waals surface area contributed by atoms with Crippen LogP contribution in [0.5, 0.6) is 0 Å². The number of halogens is 1. The van der Waals surface area contributed by atoms with Crippen LogP contribution in [0.3, 0.4) is 0 Å². The van der Waals surface area contributed by atoms with Gasteiger partial charge in [-0.15, -0.1) is 0 Å². The van der Waals surface area contributed by atoms with Crippen molar-refractivity contribution in [3.05, 3.63) is 34.9 Å². The summed E-state index contributed by atoms with van der Waals surface area (Å²) in [4.78, 5) is 18.2. The summed E-state index contributed by atoms with van der Waals surface area (Å²) in [5.74, 6) is 2.37. The number of fused-ring (bicyclic) bond motifs is 2. The Balaban J connectivity index is 1.63.